The molecule has 0 amide bonds. The van der Waals surface area contributed by atoms with E-state index < -0.39 is 0 Å². The summed E-state index contributed by atoms with van der Waals surface area (Å²) in [7, 11) is 0. The topological polar surface area (TPSA) is 52.5 Å². The highest BCUT2D eigenvalue weighted by molar-refractivity contribution is 5.40. The van der Waals surface area contributed by atoms with Crippen LogP contribution in [0.4, 0.5) is 0 Å². The summed E-state index contributed by atoms with van der Waals surface area (Å²) in [5.41, 5.74) is 0.755. The smallest absolute Gasteiger partial charge is 0.120 e. The molecule has 0 bridgehead atoms. The third-order valence-electron chi connectivity index (χ3n) is 3.73. The predicted octanol–water partition coefficient (Wildman–Crippen LogP) is 3.96. The summed E-state index contributed by atoms with van der Waals surface area (Å²) in [4.78, 5) is 0. The largest absolute Gasteiger partial charge is 0.508 e. The van der Waals surface area contributed by atoms with E-state index >= 15 is 0 Å². The van der Waals surface area contributed by atoms with Gasteiger partial charge in [0.1, 0.15) is 11.5 Å². The van der Waals surface area contributed by atoms with E-state index in [1.165, 1.54) is 37.8 Å². The molecule has 0 radical (unpaired) electrons. The van der Waals surface area contributed by atoms with Crippen LogP contribution in [0, 0.1) is 5.92 Å². The molecule has 0 aliphatic heterocycles. The molecule has 3 nitrogen and oxygen atoms in total. The lowest BCUT2D eigenvalue weighted by atomic mass is 9.98. The molecule has 0 aliphatic rings. The lowest BCUT2D eigenvalue weighted by Crippen LogP contribution is -2.25. The molecule has 1 aromatic rings. The van der Waals surface area contributed by atoms with Crippen LogP contribution in [0.5, 0.6) is 11.5 Å². The molecule has 0 fully saturated rings. The summed E-state index contributed by atoms with van der Waals surface area (Å²) in [6, 6.07) is 4.71. The third-order valence-corrected chi connectivity index (χ3v) is 3.73. The van der Waals surface area contributed by atoms with E-state index in [0.717, 1.165) is 12.1 Å². The van der Waals surface area contributed by atoms with Crippen LogP contribution >= 0.6 is 0 Å². The highest BCUT2D eigenvalue weighted by Gasteiger charge is 2.13. The minimum Gasteiger partial charge on any atom is -0.508 e. The number of benzene rings is 1. The maximum Gasteiger partial charge on any atom is 0.120 e. The quantitative estimate of drug-likeness (QED) is 0.623. The monoisotopic (exact) mass is 265 g/mol. The number of phenolic OH excluding ortho intramolecular Hbond substituents is 2. The number of unbranched alkanes of at least 4 members (excludes halogenated alkanes) is 1. The summed E-state index contributed by atoms with van der Waals surface area (Å²) < 4.78 is 0. The van der Waals surface area contributed by atoms with Crippen molar-refractivity contribution in [1.29, 1.82) is 0 Å². The van der Waals surface area contributed by atoms with E-state index in [9.17, 15) is 10.2 Å². The van der Waals surface area contributed by atoms with Gasteiger partial charge in [-0.3, -0.25) is 0 Å². The molecule has 3 heteroatoms. The maximum atomic E-state index is 9.82. The zero-order chi connectivity index (χ0) is 14.3. The van der Waals surface area contributed by atoms with E-state index in [2.05, 4.69) is 19.2 Å². The van der Waals surface area contributed by atoms with E-state index in [1.807, 2.05) is 6.92 Å². The van der Waals surface area contributed by atoms with Gasteiger partial charge in [0.25, 0.3) is 0 Å². The zero-order valence-corrected chi connectivity index (χ0v) is 12.3. The van der Waals surface area contributed by atoms with Crippen LogP contribution in [0.25, 0.3) is 0 Å². The molecule has 19 heavy (non-hydrogen) atoms. The fourth-order valence-corrected chi connectivity index (χ4v) is 2.29. The minimum atomic E-state index is 0.0442. The Bertz CT molecular complexity index is 379. The third kappa shape index (κ3) is 5.11. The van der Waals surface area contributed by atoms with Gasteiger partial charge >= 0.3 is 0 Å². The number of rotatable bonds is 8. The highest BCUT2D eigenvalue weighted by atomic mass is 16.3. The van der Waals surface area contributed by atoms with Gasteiger partial charge in [-0.05, 0) is 44.0 Å². The van der Waals surface area contributed by atoms with Crippen LogP contribution in [-0.2, 0) is 0 Å². The first-order valence-electron chi connectivity index (χ1n) is 7.33. The summed E-state index contributed by atoms with van der Waals surface area (Å²) in [5, 5.41) is 22.8. The van der Waals surface area contributed by atoms with Gasteiger partial charge in [-0.2, -0.15) is 0 Å². The number of phenols is 2. The molecule has 0 saturated carbocycles. The van der Waals surface area contributed by atoms with Gasteiger partial charge in [0, 0.05) is 11.6 Å². The SMILES string of the molecule is CCCCC(CC)CNC(C)c1cc(O)ccc1O. The van der Waals surface area contributed by atoms with Crippen LogP contribution in [0.3, 0.4) is 0 Å². The van der Waals surface area contributed by atoms with Crippen LogP contribution in [0.1, 0.15) is 58.1 Å². The van der Waals surface area contributed by atoms with Crippen molar-refractivity contribution in [2.24, 2.45) is 5.92 Å². The van der Waals surface area contributed by atoms with Gasteiger partial charge in [0.2, 0.25) is 0 Å². The normalized spacial score (nSPS) is 14.3. The Kier molecular flexibility index (Phi) is 6.71. The van der Waals surface area contributed by atoms with Crippen LogP contribution < -0.4 is 5.32 Å². The maximum absolute atomic E-state index is 9.82. The average molecular weight is 265 g/mol. The minimum absolute atomic E-state index is 0.0442. The first-order chi connectivity index (χ1) is 9.08. The predicted molar refractivity (Wildman–Crippen MR) is 79.5 cm³/mol. The van der Waals surface area contributed by atoms with Crippen molar-refractivity contribution >= 4 is 0 Å². The fraction of sp³-hybridized carbons (Fsp3) is 0.625. The van der Waals surface area contributed by atoms with Crippen molar-refractivity contribution in [3.63, 3.8) is 0 Å². The first-order valence-corrected chi connectivity index (χ1v) is 7.33. The molecule has 1 aromatic carbocycles. The molecular formula is C16H27NO2. The second-order valence-electron chi connectivity index (χ2n) is 5.29. The van der Waals surface area contributed by atoms with E-state index in [0.29, 0.717) is 5.92 Å². The van der Waals surface area contributed by atoms with Crippen molar-refractivity contribution in [3.8, 4) is 11.5 Å². The number of hydrogen-bond donors (Lipinski definition) is 3. The number of aromatic hydroxyl groups is 2. The Morgan fingerprint density at radius 1 is 1.21 bits per heavy atom. The second-order valence-corrected chi connectivity index (χ2v) is 5.29. The fourth-order valence-electron chi connectivity index (χ4n) is 2.29. The molecule has 1 rings (SSSR count). The van der Waals surface area contributed by atoms with Crippen LogP contribution in [0.2, 0.25) is 0 Å². The Balaban J connectivity index is 2.54. The Morgan fingerprint density at radius 2 is 1.95 bits per heavy atom. The van der Waals surface area contributed by atoms with Crippen molar-refractivity contribution in [1.82, 2.24) is 5.32 Å². The Labute approximate surface area is 116 Å². The van der Waals surface area contributed by atoms with Gasteiger partial charge in [-0.25, -0.2) is 0 Å². The van der Waals surface area contributed by atoms with Crippen molar-refractivity contribution in [2.45, 2.75) is 52.5 Å². The summed E-state index contributed by atoms with van der Waals surface area (Å²) in [5.74, 6) is 1.11. The van der Waals surface area contributed by atoms with E-state index in [4.69, 9.17) is 0 Å². The van der Waals surface area contributed by atoms with Gasteiger partial charge in [-0.15, -0.1) is 0 Å². The molecular weight excluding hydrogens is 238 g/mol. The molecule has 2 atom stereocenters. The summed E-state index contributed by atoms with van der Waals surface area (Å²) in [6.07, 6.45) is 4.93. The first kappa shape index (κ1) is 15.8. The lowest BCUT2D eigenvalue weighted by molar-refractivity contribution is 0.389. The van der Waals surface area contributed by atoms with Gasteiger partial charge in [0.15, 0.2) is 0 Å². The van der Waals surface area contributed by atoms with Crippen LogP contribution in [-0.4, -0.2) is 16.8 Å². The molecule has 0 saturated heterocycles. The Morgan fingerprint density at radius 3 is 2.58 bits per heavy atom. The van der Waals surface area contributed by atoms with Gasteiger partial charge < -0.3 is 15.5 Å². The molecule has 0 spiro atoms. The van der Waals surface area contributed by atoms with E-state index in [-0.39, 0.29) is 17.5 Å². The van der Waals surface area contributed by atoms with Crippen molar-refractivity contribution < 1.29 is 10.2 Å². The number of nitrogens with one attached hydrogen (secondary N) is 1. The molecule has 108 valence electrons. The van der Waals surface area contributed by atoms with Crippen LogP contribution in [0.15, 0.2) is 18.2 Å². The second kappa shape index (κ2) is 8.05. The molecule has 2 unspecified atom stereocenters. The standard InChI is InChI=1S/C16H27NO2/c1-4-6-7-13(5-2)11-17-12(3)15-10-14(18)8-9-16(15)19/h8-10,12-13,17-19H,4-7,11H2,1-3H3. The molecule has 0 aliphatic carbocycles. The van der Waals surface area contributed by atoms with Crippen molar-refractivity contribution in [3.05, 3.63) is 23.8 Å². The molecule has 0 heterocycles. The lowest BCUT2D eigenvalue weighted by Gasteiger charge is -2.20. The Hall–Kier alpha value is -1.22. The molecule has 0 aromatic heterocycles. The summed E-state index contributed by atoms with van der Waals surface area (Å²) in [6.45, 7) is 7.40. The average Bonchev–Trinajstić information content (AvgIpc) is 2.41. The summed E-state index contributed by atoms with van der Waals surface area (Å²) >= 11 is 0. The number of hydrogen-bond acceptors (Lipinski definition) is 3. The van der Waals surface area contributed by atoms with E-state index in [1.54, 1.807) is 6.07 Å². The zero-order valence-electron chi connectivity index (χ0n) is 12.3. The van der Waals surface area contributed by atoms with Gasteiger partial charge in [0.05, 0.1) is 0 Å². The van der Waals surface area contributed by atoms with Crippen molar-refractivity contribution in [2.75, 3.05) is 6.54 Å². The van der Waals surface area contributed by atoms with Gasteiger partial charge in [-0.1, -0.05) is 33.1 Å². The molecule has 3 N–H and O–H groups in total. The highest BCUT2D eigenvalue weighted by Crippen LogP contribution is 2.28.